The van der Waals surface area contributed by atoms with Gasteiger partial charge in [-0.2, -0.15) is 0 Å². The molecule has 1 aromatic rings. The molecular weight excluding hydrogens is 236 g/mol. The first kappa shape index (κ1) is 15.5. The van der Waals surface area contributed by atoms with Crippen molar-refractivity contribution in [2.24, 2.45) is 0 Å². The molecule has 0 aliphatic carbocycles. The second-order valence-corrected chi connectivity index (χ2v) is 5.57. The molecule has 0 unspecified atom stereocenters. The third-order valence-electron chi connectivity index (χ3n) is 3.01. The van der Waals surface area contributed by atoms with Crippen LogP contribution >= 0.6 is 0 Å². The van der Waals surface area contributed by atoms with Crippen LogP contribution < -0.4 is 0 Å². The second kappa shape index (κ2) is 6.58. The number of hydrogen-bond acceptors (Lipinski definition) is 2. The van der Waals surface area contributed by atoms with Crippen LogP contribution in [-0.4, -0.2) is 15.8 Å². The minimum atomic E-state index is -0.859. The Morgan fingerprint density at radius 3 is 2.63 bits per heavy atom. The van der Waals surface area contributed by atoms with Crippen LogP contribution in [0.4, 0.5) is 0 Å². The van der Waals surface area contributed by atoms with E-state index in [9.17, 15) is 10.2 Å². The molecule has 0 aliphatic rings. The molecule has 2 N–H and O–H groups in total. The molecule has 0 amide bonds. The van der Waals surface area contributed by atoms with Crippen LogP contribution in [0.2, 0.25) is 0 Å². The van der Waals surface area contributed by atoms with Crippen molar-refractivity contribution < 1.29 is 10.2 Å². The van der Waals surface area contributed by atoms with Gasteiger partial charge in [0.1, 0.15) is 5.75 Å². The Morgan fingerprint density at radius 2 is 2.00 bits per heavy atom. The number of allylic oxidation sites excluding steroid dienone is 2. The lowest BCUT2D eigenvalue weighted by Crippen LogP contribution is -2.19. The van der Waals surface area contributed by atoms with E-state index in [4.69, 9.17) is 0 Å². The van der Waals surface area contributed by atoms with Crippen molar-refractivity contribution >= 4 is 6.08 Å². The van der Waals surface area contributed by atoms with Crippen LogP contribution in [0.15, 0.2) is 35.9 Å². The van der Waals surface area contributed by atoms with Crippen molar-refractivity contribution in [3.63, 3.8) is 0 Å². The maximum absolute atomic E-state index is 10.3. The Hall–Kier alpha value is -1.54. The average Bonchev–Trinajstić information content (AvgIpc) is 2.30. The minimum absolute atomic E-state index is 0.238. The van der Waals surface area contributed by atoms with Gasteiger partial charge >= 0.3 is 0 Å². The van der Waals surface area contributed by atoms with Gasteiger partial charge in [0.2, 0.25) is 0 Å². The van der Waals surface area contributed by atoms with Crippen LogP contribution in [0.3, 0.4) is 0 Å². The highest BCUT2D eigenvalue weighted by atomic mass is 16.3. The van der Waals surface area contributed by atoms with Crippen LogP contribution in [0.1, 0.15) is 44.7 Å². The lowest BCUT2D eigenvalue weighted by Gasteiger charge is -2.18. The van der Waals surface area contributed by atoms with E-state index in [0.717, 1.165) is 17.5 Å². The molecule has 19 heavy (non-hydrogen) atoms. The number of aryl methyl sites for hydroxylation is 1. The predicted molar refractivity (Wildman–Crippen MR) is 81.2 cm³/mol. The number of phenolic OH excluding ortho intramolecular Hbond substituents is 1. The fraction of sp³-hybridized carbons (Fsp3) is 0.412. The smallest absolute Gasteiger partial charge is 0.122 e. The zero-order chi connectivity index (χ0) is 14.5. The van der Waals surface area contributed by atoms with Crippen molar-refractivity contribution in [1.29, 1.82) is 0 Å². The maximum atomic E-state index is 10.3. The fourth-order valence-electron chi connectivity index (χ4n) is 1.81. The Morgan fingerprint density at radius 1 is 1.32 bits per heavy atom. The van der Waals surface area contributed by atoms with Gasteiger partial charge in [-0.1, -0.05) is 35.4 Å². The highest BCUT2D eigenvalue weighted by Crippen LogP contribution is 2.22. The molecule has 1 atom stereocenters. The largest absolute Gasteiger partial charge is 0.507 e. The first-order chi connectivity index (χ1) is 8.80. The molecule has 0 aliphatic heterocycles. The van der Waals surface area contributed by atoms with Crippen LogP contribution in [0, 0.1) is 6.92 Å². The van der Waals surface area contributed by atoms with E-state index in [2.05, 4.69) is 19.9 Å². The summed E-state index contributed by atoms with van der Waals surface area (Å²) in [7, 11) is 0. The Kier molecular flexibility index (Phi) is 5.37. The molecule has 0 saturated carbocycles. The summed E-state index contributed by atoms with van der Waals surface area (Å²) in [6.07, 6.45) is 7.17. The highest BCUT2D eigenvalue weighted by Gasteiger charge is 2.15. The fourth-order valence-corrected chi connectivity index (χ4v) is 1.81. The van der Waals surface area contributed by atoms with Gasteiger partial charge in [0.25, 0.3) is 0 Å². The average molecular weight is 260 g/mol. The monoisotopic (exact) mass is 260 g/mol. The summed E-state index contributed by atoms with van der Waals surface area (Å²) in [5.41, 5.74) is 2.22. The zero-order valence-corrected chi connectivity index (χ0v) is 12.3. The van der Waals surface area contributed by atoms with Gasteiger partial charge in [-0.15, -0.1) is 0 Å². The number of aromatic hydroxyl groups is 1. The molecule has 0 aromatic heterocycles. The quantitative estimate of drug-likeness (QED) is 0.778. The molecule has 2 heteroatoms. The van der Waals surface area contributed by atoms with Crippen LogP contribution in [-0.2, 0) is 0 Å². The zero-order valence-electron chi connectivity index (χ0n) is 12.3. The van der Waals surface area contributed by atoms with Crippen molar-refractivity contribution in [2.75, 3.05) is 0 Å². The first-order valence-corrected chi connectivity index (χ1v) is 6.65. The minimum Gasteiger partial charge on any atom is -0.507 e. The summed E-state index contributed by atoms with van der Waals surface area (Å²) in [6, 6.07) is 5.44. The number of hydrogen-bond donors (Lipinski definition) is 2. The van der Waals surface area contributed by atoms with E-state index in [1.165, 1.54) is 5.57 Å². The van der Waals surface area contributed by atoms with Crippen molar-refractivity contribution in [3.05, 3.63) is 47.1 Å². The molecule has 104 valence electrons. The molecule has 0 heterocycles. The Bertz CT molecular complexity index is 478. The summed E-state index contributed by atoms with van der Waals surface area (Å²) in [5, 5.41) is 20.0. The van der Waals surface area contributed by atoms with E-state index in [1.807, 2.05) is 19.1 Å². The molecule has 0 bridgehead atoms. The summed E-state index contributed by atoms with van der Waals surface area (Å²) < 4.78 is 0. The molecular formula is C17H24O2. The van der Waals surface area contributed by atoms with Crippen LogP contribution in [0.25, 0.3) is 6.08 Å². The third kappa shape index (κ3) is 5.75. The van der Waals surface area contributed by atoms with Gasteiger partial charge in [-0.3, -0.25) is 0 Å². The molecule has 0 fully saturated rings. The van der Waals surface area contributed by atoms with Gasteiger partial charge in [0.05, 0.1) is 5.60 Å². The lowest BCUT2D eigenvalue weighted by molar-refractivity contribution is 0.104. The van der Waals surface area contributed by atoms with Gasteiger partial charge in [0, 0.05) is 5.56 Å². The first-order valence-electron chi connectivity index (χ1n) is 6.65. The van der Waals surface area contributed by atoms with E-state index in [-0.39, 0.29) is 5.75 Å². The normalized spacial score (nSPS) is 14.4. The summed E-state index contributed by atoms with van der Waals surface area (Å²) in [5.74, 6) is 0.238. The van der Waals surface area contributed by atoms with Crippen LogP contribution in [0.5, 0.6) is 5.75 Å². The molecule has 0 saturated heterocycles. The number of phenols is 1. The highest BCUT2D eigenvalue weighted by molar-refractivity contribution is 5.58. The molecule has 0 spiro atoms. The lowest BCUT2D eigenvalue weighted by atomic mass is 9.97. The summed E-state index contributed by atoms with van der Waals surface area (Å²) in [4.78, 5) is 0. The van der Waals surface area contributed by atoms with Crippen molar-refractivity contribution in [2.45, 2.75) is 46.1 Å². The maximum Gasteiger partial charge on any atom is 0.122 e. The van der Waals surface area contributed by atoms with Gasteiger partial charge in [-0.05, 0) is 52.7 Å². The van der Waals surface area contributed by atoms with Gasteiger partial charge < -0.3 is 10.2 Å². The summed E-state index contributed by atoms with van der Waals surface area (Å²) in [6.45, 7) is 7.86. The SMILES string of the molecule is CC(C)=CCC[C@](C)(O)/C=C/c1cc(C)ccc1O. The van der Waals surface area contributed by atoms with Gasteiger partial charge in [-0.25, -0.2) is 0 Å². The number of rotatable bonds is 5. The molecule has 2 nitrogen and oxygen atoms in total. The Labute approximate surface area is 116 Å². The summed E-state index contributed by atoms with van der Waals surface area (Å²) >= 11 is 0. The van der Waals surface area contributed by atoms with Gasteiger partial charge in [0.15, 0.2) is 0 Å². The van der Waals surface area contributed by atoms with E-state index in [1.54, 1.807) is 25.1 Å². The topological polar surface area (TPSA) is 40.5 Å². The third-order valence-corrected chi connectivity index (χ3v) is 3.01. The van der Waals surface area contributed by atoms with Crippen molar-refractivity contribution in [3.8, 4) is 5.75 Å². The number of aliphatic hydroxyl groups is 1. The molecule has 1 aromatic carbocycles. The predicted octanol–water partition coefficient (Wildman–Crippen LogP) is 4.21. The second-order valence-electron chi connectivity index (χ2n) is 5.57. The number of benzene rings is 1. The van der Waals surface area contributed by atoms with E-state index < -0.39 is 5.60 Å². The molecule has 0 radical (unpaired) electrons. The van der Waals surface area contributed by atoms with Crippen molar-refractivity contribution in [1.82, 2.24) is 0 Å². The molecule has 1 rings (SSSR count). The van der Waals surface area contributed by atoms with E-state index in [0.29, 0.717) is 6.42 Å². The van der Waals surface area contributed by atoms with E-state index >= 15 is 0 Å². The Balaban J connectivity index is 2.73. The standard InChI is InChI=1S/C17H24O2/c1-13(2)6-5-10-17(4,19)11-9-15-12-14(3)7-8-16(15)18/h6-9,11-12,18-19H,5,10H2,1-4H3/b11-9+/t17-/m0/s1.